The Kier molecular flexibility index (Phi) is 7.23. The number of nitriles is 1. The fraction of sp³-hybridized carbons (Fsp3) is 0.174. The lowest BCUT2D eigenvalue weighted by Crippen LogP contribution is -2.31. The molecule has 0 saturated carbocycles. The van der Waals surface area contributed by atoms with Crippen LogP contribution in [0.2, 0.25) is 0 Å². The minimum Gasteiger partial charge on any atom is -0.427 e. The van der Waals surface area contributed by atoms with E-state index in [0.717, 1.165) is 18.5 Å². The maximum Gasteiger partial charge on any atom is 0.325 e. The Morgan fingerprint density at radius 3 is 2.68 bits per heavy atom. The van der Waals surface area contributed by atoms with Gasteiger partial charge in [-0.3, -0.25) is 9.79 Å². The Balaban J connectivity index is 1.54. The van der Waals surface area contributed by atoms with Gasteiger partial charge < -0.3 is 10.5 Å². The van der Waals surface area contributed by atoms with Crippen LogP contribution in [0.25, 0.3) is 5.69 Å². The van der Waals surface area contributed by atoms with Crippen molar-refractivity contribution >= 4 is 5.91 Å². The summed E-state index contributed by atoms with van der Waals surface area (Å²) in [6.07, 6.45) is 4.45. The maximum absolute atomic E-state index is 14.5. The van der Waals surface area contributed by atoms with E-state index in [9.17, 15) is 28.4 Å². The highest BCUT2D eigenvalue weighted by molar-refractivity contribution is 5.78. The molecular formula is C23H18F3N9O2. The smallest absolute Gasteiger partial charge is 0.325 e. The van der Waals surface area contributed by atoms with Gasteiger partial charge in [0.05, 0.1) is 23.4 Å². The molecule has 0 aliphatic rings. The van der Waals surface area contributed by atoms with Crippen molar-refractivity contribution in [1.82, 2.24) is 34.8 Å². The first-order chi connectivity index (χ1) is 17.8. The summed E-state index contributed by atoms with van der Waals surface area (Å²) in [6, 6.07) is 9.91. The van der Waals surface area contributed by atoms with Crippen molar-refractivity contribution in [1.29, 1.82) is 5.26 Å². The van der Waals surface area contributed by atoms with E-state index in [-0.39, 0.29) is 28.9 Å². The minimum absolute atomic E-state index is 0.0797. The summed E-state index contributed by atoms with van der Waals surface area (Å²) < 4.78 is 45.0. The van der Waals surface area contributed by atoms with E-state index in [4.69, 9.17) is 0 Å². The lowest BCUT2D eigenvalue weighted by atomic mass is 10.1. The third-order valence-corrected chi connectivity index (χ3v) is 5.19. The van der Waals surface area contributed by atoms with Gasteiger partial charge >= 0.3 is 5.92 Å². The molecule has 0 atom stereocenters. The van der Waals surface area contributed by atoms with Crippen LogP contribution in [0.4, 0.5) is 13.2 Å². The molecule has 0 spiro atoms. The molecule has 0 saturated heterocycles. The van der Waals surface area contributed by atoms with Gasteiger partial charge in [-0.1, -0.05) is 6.07 Å². The van der Waals surface area contributed by atoms with Crippen LogP contribution in [0.3, 0.4) is 0 Å². The number of carbonyl (C=O) groups excluding carboxylic acids is 1. The van der Waals surface area contributed by atoms with Crippen LogP contribution in [-0.4, -0.2) is 47.1 Å². The fourth-order valence-corrected chi connectivity index (χ4v) is 3.38. The maximum atomic E-state index is 14.5. The Morgan fingerprint density at radius 1 is 1.19 bits per heavy atom. The zero-order valence-electron chi connectivity index (χ0n) is 19.0. The largest absolute Gasteiger partial charge is 0.427 e. The summed E-state index contributed by atoms with van der Waals surface area (Å²) in [5, 5.41) is 26.4. The molecule has 37 heavy (non-hydrogen) atoms. The molecular weight excluding hydrogens is 491 g/mol. The predicted octanol–water partition coefficient (Wildman–Crippen LogP) is 1.66. The molecule has 4 aromatic rings. The number of hydrogen-bond donors (Lipinski definition) is 2. The number of rotatable bonds is 8. The van der Waals surface area contributed by atoms with Crippen molar-refractivity contribution in [2.24, 2.45) is 4.99 Å². The first kappa shape index (κ1) is 25.0. The Morgan fingerprint density at radius 2 is 1.97 bits per heavy atom. The van der Waals surface area contributed by atoms with Crippen molar-refractivity contribution in [2.45, 2.75) is 18.9 Å². The van der Waals surface area contributed by atoms with Crippen molar-refractivity contribution in [3.05, 3.63) is 95.4 Å². The van der Waals surface area contributed by atoms with Crippen molar-refractivity contribution in [2.75, 3.05) is 6.54 Å². The van der Waals surface area contributed by atoms with Crippen LogP contribution >= 0.6 is 0 Å². The average Bonchev–Trinajstić information content (AvgIpc) is 3.44. The molecule has 0 bridgehead atoms. The molecule has 2 N–H and O–H groups in total. The first-order valence-electron chi connectivity index (χ1n) is 10.7. The third kappa shape index (κ3) is 5.61. The number of carbonyl (C=O) groups is 1. The molecule has 11 nitrogen and oxygen atoms in total. The monoisotopic (exact) mass is 509 g/mol. The quantitative estimate of drug-likeness (QED) is 0.343. The number of benzene rings is 1. The van der Waals surface area contributed by atoms with E-state index < -0.39 is 36.4 Å². The predicted molar refractivity (Wildman–Crippen MR) is 120 cm³/mol. The van der Waals surface area contributed by atoms with E-state index in [1.165, 1.54) is 41.6 Å². The lowest BCUT2D eigenvalue weighted by molar-refractivity contribution is -0.120. The molecule has 1 aromatic carbocycles. The molecule has 0 aliphatic heterocycles. The Labute approximate surface area is 207 Å². The Bertz CT molecular complexity index is 1510. The fourth-order valence-electron chi connectivity index (χ4n) is 3.38. The molecule has 0 aliphatic carbocycles. The molecule has 0 fully saturated rings. The number of halogens is 3. The van der Waals surface area contributed by atoms with Crippen LogP contribution in [0, 0.1) is 17.1 Å². The number of nitrogens with one attached hydrogen (secondary N) is 1. The van der Waals surface area contributed by atoms with Gasteiger partial charge in [-0.05, 0) is 30.3 Å². The average molecular weight is 509 g/mol. The molecule has 3 heterocycles. The summed E-state index contributed by atoms with van der Waals surface area (Å²) >= 11 is 0. The van der Waals surface area contributed by atoms with E-state index in [0.29, 0.717) is 10.4 Å². The van der Waals surface area contributed by atoms with E-state index in [2.05, 4.69) is 30.4 Å². The highest BCUT2D eigenvalue weighted by atomic mass is 19.3. The normalized spacial score (nSPS) is 11.8. The van der Waals surface area contributed by atoms with E-state index >= 15 is 0 Å². The van der Waals surface area contributed by atoms with Gasteiger partial charge in [-0.2, -0.15) is 23.9 Å². The number of hydrogen-bond acceptors (Lipinski definition) is 8. The first-order valence-corrected chi connectivity index (χ1v) is 10.7. The summed E-state index contributed by atoms with van der Waals surface area (Å²) in [6.45, 7) is -1.32. The van der Waals surface area contributed by atoms with Crippen molar-refractivity contribution < 1.29 is 23.2 Å². The second kappa shape index (κ2) is 10.7. The van der Waals surface area contributed by atoms with Crippen LogP contribution < -0.4 is 10.8 Å². The molecule has 3 aromatic heterocycles. The van der Waals surface area contributed by atoms with Gasteiger partial charge in [-0.15, -0.1) is 0 Å². The van der Waals surface area contributed by atoms with Gasteiger partial charge in [-0.25, -0.2) is 24.0 Å². The van der Waals surface area contributed by atoms with E-state index in [1.54, 1.807) is 6.07 Å². The zero-order valence-corrected chi connectivity index (χ0v) is 19.0. The summed E-state index contributed by atoms with van der Waals surface area (Å²) in [7, 11) is 0. The summed E-state index contributed by atoms with van der Waals surface area (Å²) in [5.74, 6) is -5.53. The SMILES string of the molecule is N#Cc1ccc(=NCC(F)(F)c2ncccn2)n(O)c1CC(=O)NCc1c(F)cccc1-n1cncn1. The lowest BCUT2D eigenvalue weighted by Gasteiger charge is -2.14. The zero-order chi connectivity index (χ0) is 26.4. The molecule has 0 unspecified atom stereocenters. The minimum atomic E-state index is -3.53. The van der Waals surface area contributed by atoms with Crippen LogP contribution in [0.15, 0.2) is 66.4 Å². The van der Waals surface area contributed by atoms with Gasteiger partial charge in [0.15, 0.2) is 5.49 Å². The molecule has 4 rings (SSSR count). The second-order valence-corrected chi connectivity index (χ2v) is 7.60. The molecule has 188 valence electrons. The number of aromatic nitrogens is 6. The highest BCUT2D eigenvalue weighted by Gasteiger charge is 2.34. The molecule has 14 heteroatoms. The number of nitrogens with zero attached hydrogens (tertiary/aromatic N) is 8. The van der Waals surface area contributed by atoms with E-state index in [1.807, 2.05) is 6.07 Å². The van der Waals surface area contributed by atoms with Gasteiger partial charge in [0.2, 0.25) is 11.7 Å². The third-order valence-electron chi connectivity index (χ3n) is 5.19. The van der Waals surface area contributed by atoms with Crippen molar-refractivity contribution in [3.63, 3.8) is 0 Å². The van der Waals surface area contributed by atoms with Gasteiger partial charge in [0.25, 0.3) is 0 Å². The van der Waals surface area contributed by atoms with Crippen LogP contribution in [-0.2, 0) is 23.7 Å². The number of alkyl halides is 2. The molecule has 1 amide bonds. The second-order valence-electron chi connectivity index (χ2n) is 7.60. The van der Waals surface area contributed by atoms with Gasteiger partial charge in [0, 0.05) is 24.5 Å². The number of amides is 1. The van der Waals surface area contributed by atoms with Crippen molar-refractivity contribution in [3.8, 4) is 11.8 Å². The summed E-state index contributed by atoms with van der Waals surface area (Å²) in [4.78, 5) is 27.2. The molecule has 0 radical (unpaired) electrons. The topological polar surface area (TPSA) is 147 Å². The van der Waals surface area contributed by atoms with Crippen LogP contribution in [0.1, 0.15) is 22.6 Å². The van der Waals surface area contributed by atoms with Gasteiger partial charge in [0.1, 0.15) is 31.1 Å². The Hall–Kier alpha value is -5.06. The van der Waals surface area contributed by atoms with Crippen LogP contribution in [0.5, 0.6) is 0 Å². The number of pyridine rings is 1. The summed E-state index contributed by atoms with van der Waals surface area (Å²) in [5.41, 5.74) is -0.0980. The highest BCUT2D eigenvalue weighted by Crippen LogP contribution is 2.24. The standard InChI is InChI=1S/C23H18F3N9O2/c24-17-3-1-4-18(34-14-28-13-33-34)16(17)11-31-21(36)9-19-15(10-27)5-6-20(35(19)37)32-12-23(25,26)22-29-7-2-8-30-22/h1-8,13-14,37H,9,11-12H2,(H,31,36).